The molecule has 0 amide bonds. The third-order valence-electron chi connectivity index (χ3n) is 3.73. The highest BCUT2D eigenvalue weighted by molar-refractivity contribution is 5.71. The number of carbonyl (C=O) groups excluding carboxylic acids is 1. The van der Waals surface area contributed by atoms with Crippen molar-refractivity contribution in [1.29, 1.82) is 0 Å². The fourth-order valence-electron chi connectivity index (χ4n) is 2.63. The van der Waals surface area contributed by atoms with Crippen molar-refractivity contribution in [2.45, 2.75) is 26.2 Å². The summed E-state index contributed by atoms with van der Waals surface area (Å²) < 4.78 is 10.1. The van der Waals surface area contributed by atoms with Gasteiger partial charge in [-0.05, 0) is 37.6 Å². The van der Waals surface area contributed by atoms with Crippen LogP contribution in [0.1, 0.15) is 36.1 Å². The van der Waals surface area contributed by atoms with Crippen molar-refractivity contribution in [3.63, 3.8) is 0 Å². The number of nitrogens with one attached hydrogen (secondary N) is 1. The first-order valence-electron chi connectivity index (χ1n) is 7.68. The molecule has 0 spiro atoms. The van der Waals surface area contributed by atoms with Crippen molar-refractivity contribution in [3.05, 3.63) is 57.5 Å². The lowest BCUT2D eigenvalue weighted by atomic mass is 9.88. The first-order chi connectivity index (χ1) is 11.5. The van der Waals surface area contributed by atoms with Gasteiger partial charge in [-0.25, -0.2) is 0 Å². The highest BCUT2D eigenvalue weighted by atomic mass is 16.5. The fourth-order valence-corrected chi connectivity index (χ4v) is 2.63. The Hall–Kier alpha value is -2.76. The van der Waals surface area contributed by atoms with Crippen LogP contribution in [0.5, 0.6) is 11.5 Å². The molecule has 0 bridgehead atoms. The van der Waals surface area contributed by atoms with Crippen molar-refractivity contribution in [3.8, 4) is 11.5 Å². The van der Waals surface area contributed by atoms with E-state index < -0.39 is 17.4 Å². The zero-order chi connectivity index (χ0) is 17.7. The highest BCUT2D eigenvalue weighted by Crippen LogP contribution is 2.32. The van der Waals surface area contributed by atoms with Crippen LogP contribution in [0.25, 0.3) is 0 Å². The minimum Gasteiger partial charge on any atom is -0.507 e. The van der Waals surface area contributed by atoms with Gasteiger partial charge in [0, 0.05) is 11.6 Å². The van der Waals surface area contributed by atoms with E-state index in [2.05, 4.69) is 4.98 Å². The van der Waals surface area contributed by atoms with E-state index in [0.29, 0.717) is 17.0 Å². The summed E-state index contributed by atoms with van der Waals surface area (Å²) in [5.41, 5.74) is 0.996. The normalized spacial score (nSPS) is 11.8. The quantitative estimate of drug-likeness (QED) is 0.794. The van der Waals surface area contributed by atoms with E-state index in [1.54, 1.807) is 45.2 Å². The van der Waals surface area contributed by atoms with E-state index in [-0.39, 0.29) is 24.3 Å². The molecule has 1 aromatic carbocycles. The summed E-state index contributed by atoms with van der Waals surface area (Å²) in [4.78, 5) is 27.0. The first-order valence-corrected chi connectivity index (χ1v) is 7.68. The summed E-state index contributed by atoms with van der Waals surface area (Å²) in [7, 11) is 1.56. The number of aryl methyl sites for hydroxylation is 1. The van der Waals surface area contributed by atoms with Crippen LogP contribution in [0.3, 0.4) is 0 Å². The van der Waals surface area contributed by atoms with E-state index in [4.69, 9.17) is 9.47 Å². The number of hydrogen-bond acceptors (Lipinski definition) is 5. The number of aromatic nitrogens is 1. The number of ether oxygens (including phenoxy) is 2. The second-order valence-electron chi connectivity index (χ2n) is 5.42. The summed E-state index contributed by atoms with van der Waals surface area (Å²) in [5.74, 6) is -0.519. The van der Waals surface area contributed by atoms with Crippen LogP contribution in [-0.2, 0) is 9.53 Å². The Balaban J connectivity index is 2.50. The van der Waals surface area contributed by atoms with Crippen molar-refractivity contribution in [2.24, 2.45) is 0 Å². The molecule has 2 rings (SSSR count). The van der Waals surface area contributed by atoms with Crippen LogP contribution in [-0.4, -0.2) is 29.8 Å². The summed E-state index contributed by atoms with van der Waals surface area (Å²) >= 11 is 0. The molecule has 0 saturated carbocycles. The van der Waals surface area contributed by atoms with Gasteiger partial charge in [0.25, 0.3) is 5.56 Å². The molecular formula is C18H21NO5. The number of benzene rings is 1. The molecular weight excluding hydrogens is 310 g/mol. The van der Waals surface area contributed by atoms with Crippen molar-refractivity contribution in [2.75, 3.05) is 13.7 Å². The summed E-state index contributed by atoms with van der Waals surface area (Å²) in [6.07, 6.45) is -0.0418. The molecule has 0 saturated heterocycles. The molecule has 128 valence electrons. The van der Waals surface area contributed by atoms with E-state index in [1.165, 1.54) is 6.07 Å². The van der Waals surface area contributed by atoms with E-state index in [1.807, 2.05) is 0 Å². The molecule has 24 heavy (non-hydrogen) atoms. The molecule has 2 N–H and O–H groups in total. The maximum absolute atomic E-state index is 12.3. The number of pyridine rings is 1. The van der Waals surface area contributed by atoms with Gasteiger partial charge in [0.15, 0.2) is 0 Å². The van der Waals surface area contributed by atoms with E-state index >= 15 is 0 Å². The third-order valence-corrected chi connectivity index (χ3v) is 3.73. The zero-order valence-electron chi connectivity index (χ0n) is 14.0. The van der Waals surface area contributed by atoms with Gasteiger partial charge in [0.1, 0.15) is 11.5 Å². The Bertz CT molecular complexity index is 764. The Kier molecular flexibility index (Phi) is 5.63. The summed E-state index contributed by atoms with van der Waals surface area (Å²) in [6.45, 7) is 3.65. The van der Waals surface area contributed by atoms with E-state index in [0.717, 1.165) is 0 Å². The number of aromatic amines is 1. The minimum atomic E-state index is -0.612. The SMILES string of the molecule is CCOC(=O)C[C@H](c1ccc(OC)cc1)c1c(O)cc(C)[nH]c1=O. The number of methoxy groups -OCH3 is 1. The predicted molar refractivity (Wildman–Crippen MR) is 89.6 cm³/mol. The second-order valence-corrected chi connectivity index (χ2v) is 5.42. The average Bonchev–Trinajstić information content (AvgIpc) is 2.53. The lowest BCUT2D eigenvalue weighted by Gasteiger charge is -2.18. The van der Waals surface area contributed by atoms with Gasteiger partial charge in [-0.3, -0.25) is 9.59 Å². The van der Waals surface area contributed by atoms with Crippen LogP contribution in [0.4, 0.5) is 0 Å². The van der Waals surface area contributed by atoms with Crippen molar-refractivity contribution in [1.82, 2.24) is 4.98 Å². The largest absolute Gasteiger partial charge is 0.507 e. The van der Waals surface area contributed by atoms with Gasteiger partial charge >= 0.3 is 5.97 Å². The topological polar surface area (TPSA) is 88.6 Å². The third kappa shape index (κ3) is 3.95. The number of rotatable bonds is 6. The lowest BCUT2D eigenvalue weighted by Crippen LogP contribution is -2.21. The van der Waals surface area contributed by atoms with Gasteiger partial charge in [-0.2, -0.15) is 0 Å². The number of hydrogen-bond donors (Lipinski definition) is 2. The fraction of sp³-hybridized carbons (Fsp3) is 0.333. The van der Waals surface area contributed by atoms with E-state index in [9.17, 15) is 14.7 Å². The van der Waals surface area contributed by atoms with Gasteiger partial charge in [-0.1, -0.05) is 12.1 Å². The molecule has 1 aromatic heterocycles. The van der Waals surface area contributed by atoms with Gasteiger partial charge < -0.3 is 19.6 Å². The Morgan fingerprint density at radius 3 is 2.50 bits per heavy atom. The van der Waals surface area contributed by atoms with Gasteiger partial charge in [-0.15, -0.1) is 0 Å². The van der Waals surface area contributed by atoms with Crippen LogP contribution in [0, 0.1) is 6.92 Å². The summed E-state index contributed by atoms with van der Waals surface area (Å²) in [6, 6.07) is 8.49. The molecule has 1 heterocycles. The Labute approximate surface area is 140 Å². The molecule has 0 aliphatic rings. The number of H-pyrrole nitrogens is 1. The Morgan fingerprint density at radius 1 is 1.29 bits per heavy atom. The molecule has 6 nitrogen and oxygen atoms in total. The zero-order valence-corrected chi connectivity index (χ0v) is 14.0. The number of carbonyl (C=O) groups is 1. The maximum atomic E-state index is 12.3. The number of aromatic hydroxyl groups is 1. The summed E-state index contributed by atoms with van der Waals surface area (Å²) in [5, 5.41) is 10.3. The van der Waals surface area contributed by atoms with Crippen molar-refractivity contribution >= 4 is 5.97 Å². The molecule has 0 aliphatic heterocycles. The Morgan fingerprint density at radius 2 is 1.96 bits per heavy atom. The van der Waals surface area contributed by atoms with Crippen LogP contribution in [0.15, 0.2) is 35.1 Å². The molecule has 1 atom stereocenters. The van der Waals surface area contributed by atoms with Crippen LogP contribution < -0.4 is 10.3 Å². The van der Waals surface area contributed by atoms with Gasteiger partial charge in [0.05, 0.1) is 25.7 Å². The predicted octanol–water partition coefficient (Wildman–Crippen LogP) is 2.48. The minimum absolute atomic E-state index is 0.0418. The lowest BCUT2D eigenvalue weighted by molar-refractivity contribution is -0.143. The highest BCUT2D eigenvalue weighted by Gasteiger charge is 2.25. The monoisotopic (exact) mass is 331 g/mol. The smallest absolute Gasteiger partial charge is 0.306 e. The van der Waals surface area contributed by atoms with Crippen molar-refractivity contribution < 1.29 is 19.4 Å². The van der Waals surface area contributed by atoms with Crippen LogP contribution >= 0.6 is 0 Å². The molecule has 6 heteroatoms. The van der Waals surface area contributed by atoms with Gasteiger partial charge in [0.2, 0.25) is 0 Å². The van der Waals surface area contributed by atoms with Crippen LogP contribution in [0.2, 0.25) is 0 Å². The molecule has 0 radical (unpaired) electrons. The molecule has 0 fully saturated rings. The average molecular weight is 331 g/mol. The molecule has 0 aliphatic carbocycles. The first kappa shape index (κ1) is 17.6. The molecule has 0 unspecified atom stereocenters. The molecule has 2 aromatic rings. The second kappa shape index (κ2) is 7.68. The standard InChI is InChI=1S/C18H21NO5/c1-4-24-16(21)10-14(12-5-7-13(23-3)8-6-12)17-15(20)9-11(2)19-18(17)22/h5-9,14H,4,10H2,1-3H3,(H2,19,20,22)/t14-/m1/s1. The maximum Gasteiger partial charge on any atom is 0.306 e. The number of esters is 1.